The van der Waals surface area contributed by atoms with E-state index in [0.717, 1.165) is 9.92 Å². The van der Waals surface area contributed by atoms with Crippen LogP contribution >= 0.6 is 23.1 Å². The summed E-state index contributed by atoms with van der Waals surface area (Å²) in [4.78, 5) is 21.8. The molecule has 3 rings (SSSR count). The van der Waals surface area contributed by atoms with Crippen LogP contribution in [-0.2, 0) is 0 Å². The SMILES string of the molecule is Cc1ccc(Sc2ncccc2C(=O)NCC(c2cccs2)N(C)C)cc1C. The van der Waals surface area contributed by atoms with Crippen molar-refractivity contribution >= 4 is 29.0 Å². The summed E-state index contributed by atoms with van der Waals surface area (Å²) < 4.78 is 0. The first kappa shape index (κ1) is 20.6. The first-order valence-electron chi connectivity index (χ1n) is 9.14. The van der Waals surface area contributed by atoms with E-state index in [0.29, 0.717) is 12.1 Å². The smallest absolute Gasteiger partial charge is 0.254 e. The lowest BCUT2D eigenvalue weighted by molar-refractivity contribution is 0.0938. The zero-order chi connectivity index (χ0) is 20.1. The van der Waals surface area contributed by atoms with Crippen molar-refractivity contribution in [2.24, 2.45) is 0 Å². The van der Waals surface area contributed by atoms with Crippen LogP contribution in [0.2, 0.25) is 0 Å². The highest BCUT2D eigenvalue weighted by atomic mass is 32.2. The van der Waals surface area contributed by atoms with Gasteiger partial charge in [-0.3, -0.25) is 4.79 Å². The molecule has 0 aliphatic carbocycles. The van der Waals surface area contributed by atoms with Crippen molar-refractivity contribution in [1.29, 1.82) is 0 Å². The lowest BCUT2D eigenvalue weighted by Crippen LogP contribution is -2.34. The molecule has 0 spiro atoms. The number of likely N-dealkylation sites (N-methyl/N-ethyl adjacent to an activating group) is 1. The molecule has 0 aliphatic heterocycles. The summed E-state index contributed by atoms with van der Waals surface area (Å²) in [5.74, 6) is -0.0946. The molecule has 2 heterocycles. The zero-order valence-corrected chi connectivity index (χ0v) is 18.2. The van der Waals surface area contributed by atoms with E-state index in [9.17, 15) is 4.79 Å². The van der Waals surface area contributed by atoms with Gasteiger partial charge in [0.2, 0.25) is 0 Å². The molecule has 146 valence electrons. The number of rotatable bonds is 7. The van der Waals surface area contributed by atoms with Crippen molar-refractivity contribution in [3.63, 3.8) is 0 Å². The van der Waals surface area contributed by atoms with E-state index in [4.69, 9.17) is 0 Å². The Hall–Kier alpha value is -2.15. The van der Waals surface area contributed by atoms with Crippen LogP contribution in [0, 0.1) is 13.8 Å². The quantitative estimate of drug-likeness (QED) is 0.598. The van der Waals surface area contributed by atoms with Gasteiger partial charge in [-0.1, -0.05) is 23.9 Å². The minimum atomic E-state index is -0.0946. The standard InChI is InChI=1S/C22H25N3OS2/c1-15-9-10-17(13-16(15)2)28-22-18(7-5-11-23-22)21(26)24-14-19(25(3)4)20-8-6-12-27-20/h5-13,19H,14H2,1-4H3,(H,24,26). The molecule has 0 radical (unpaired) electrons. The molecule has 0 saturated heterocycles. The van der Waals surface area contributed by atoms with Crippen LogP contribution in [0.5, 0.6) is 0 Å². The Kier molecular flexibility index (Phi) is 6.88. The van der Waals surface area contributed by atoms with Gasteiger partial charge in [0.05, 0.1) is 11.6 Å². The minimum absolute atomic E-state index is 0.0946. The Morgan fingerprint density at radius 1 is 1.18 bits per heavy atom. The summed E-state index contributed by atoms with van der Waals surface area (Å²) in [5, 5.41) is 5.87. The largest absolute Gasteiger partial charge is 0.350 e. The fraction of sp³-hybridized carbons (Fsp3) is 0.273. The van der Waals surface area contributed by atoms with Crippen molar-refractivity contribution in [3.05, 3.63) is 75.6 Å². The number of nitrogens with zero attached hydrogens (tertiary/aromatic N) is 2. The molecule has 28 heavy (non-hydrogen) atoms. The lowest BCUT2D eigenvalue weighted by Gasteiger charge is -2.23. The fourth-order valence-corrected chi connectivity index (χ4v) is 4.74. The molecule has 1 atom stereocenters. The number of benzene rings is 1. The molecule has 1 amide bonds. The molecule has 0 fully saturated rings. The van der Waals surface area contributed by atoms with Crippen LogP contribution < -0.4 is 5.32 Å². The van der Waals surface area contributed by atoms with Crippen LogP contribution in [0.4, 0.5) is 0 Å². The molecule has 0 aliphatic rings. The van der Waals surface area contributed by atoms with Gasteiger partial charge in [0, 0.05) is 22.5 Å². The molecule has 2 aromatic heterocycles. The van der Waals surface area contributed by atoms with E-state index in [1.165, 1.54) is 27.8 Å². The molecule has 6 heteroatoms. The van der Waals surface area contributed by atoms with Crippen molar-refractivity contribution in [2.75, 3.05) is 20.6 Å². The monoisotopic (exact) mass is 411 g/mol. The van der Waals surface area contributed by atoms with Gasteiger partial charge in [-0.25, -0.2) is 4.98 Å². The number of nitrogens with one attached hydrogen (secondary N) is 1. The summed E-state index contributed by atoms with van der Waals surface area (Å²) >= 11 is 3.23. The Balaban J connectivity index is 1.74. The zero-order valence-electron chi connectivity index (χ0n) is 16.6. The van der Waals surface area contributed by atoms with Crippen LogP contribution in [0.15, 0.2) is 64.0 Å². The highest BCUT2D eigenvalue weighted by molar-refractivity contribution is 7.99. The Bertz CT molecular complexity index is 939. The number of aromatic nitrogens is 1. The van der Waals surface area contributed by atoms with Gasteiger partial charge < -0.3 is 10.2 Å². The van der Waals surface area contributed by atoms with Gasteiger partial charge >= 0.3 is 0 Å². The van der Waals surface area contributed by atoms with E-state index < -0.39 is 0 Å². The minimum Gasteiger partial charge on any atom is -0.350 e. The van der Waals surface area contributed by atoms with Gasteiger partial charge in [0.1, 0.15) is 5.03 Å². The Labute approximate surface area is 175 Å². The number of aryl methyl sites for hydroxylation is 2. The number of pyridine rings is 1. The van der Waals surface area contributed by atoms with Crippen LogP contribution in [0.1, 0.15) is 32.4 Å². The summed E-state index contributed by atoms with van der Waals surface area (Å²) in [5.41, 5.74) is 3.10. The van der Waals surface area contributed by atoms with E-state index in [2.05, 4.69) is 58.7 Å². The summed E-state index contributed by atoms with van der Waals surface area (Å²) in [6.45, 7) is 4.74. The normalized spacial score (nSPS) is 12.2. The first-order valence-corrected chi connectivity index (χ1v) is 10.8. The molecule has 0 saturated carbocycles. The number of hydrogen-bond acceptors (Lipinski definition) is 5. The van der Waals surface area contributed by atoms with Crippen molar-refractivity contribution in [2.45, 2.75) is 29.8 Å². The van der Waals surface area contributed by atoms with Crippen molar-refractivity contribution in [1.82, 2.24) is 15.2 Å². The Morgan fingerprint density at radius 2 is 2.00 bits per heavy atom. The summed E-state index contributed by atoms with van der Waals surface area (Å²) in [6.07, 6.45) is 1.73. The number of thiophene rings is 1. The molecule has 4 nitrogen and oxygen atoms in total. The van der Waals surface area contributed by atoms with Crippen LogP contribution in [-0.4, -0.2) is 36.4 Å². The van der Waals surface area contributed by atoms with Gasteiger partial charge in [-0.2, -0.15) is 0 Å². The van der Waals surface area contributed by atoms with Gasteiger partial charge in [0.25, 0.3) is 5.91 Å². The highest BCUT2D eigenvalue weighted by Crippen LogP contribution is 2.30. The molecule has 1 unspecified atom stereocenters. The average Bonchev–Trinajstić information content (AvgIpc) is 3.19. The van der Waals surface area contributed by atoms with Crippen LogP contribution in [0.25, 0.3) is 0 Å². The maximum absolute atomic E-state index is 12.9. The molecule has 1 N–H and O–H groups in total. The van der Waals surface area contributed by atoms with Crippen molar-refractivity contribution in [3.8, 4) is 0 Å². The van der Waals surface area contributed by atoms with E-state index in [-0.39, 0.29) is 11.9 Å². The average molecular weight is 412 g/mol. The third kappa shape index (κ3) is 5.01. The summed E-state index contributed by atoms with van der Waals surface area (Å²) in [7, 11) is 4.06. The van der Waals surface area contributed by atoms with Crippen LogP contribution in [0.3, 0.4) is 0 Å². The number of hydrogen-bond donors (Lipinski definition) is 1. The third-order valence-electron chi connectivity index (χ3n) is 4.66. The van der Waals surface area contributed by atoms with Gasteiger partial charge in [-0.15, -0.1) is 11.3 Å². The third-order valence-corrected chi connectivity index (χ3v) is 6.64. The number of amides is 1. The van der Waals surface area contributed by atoms with Gasteiger partial charge in [0.15, 0.2) is 0 Å². The molecule has 0 bridgehead atoms. The predicted octanol–water partition coefficient (Wildman–Crippen LogP) is 4.94. The first-order chi connectivity index (χ1) is 13.5. The maximum atomic E-state index is 12.9. The second kappa shape index (κ2) is 9.37. The molecule has 3 aromatic rings. The van der Waals surface area contributed by atoms with E-state index >= 15 is 0 Å². The van der Waals surface area contributed by atoms with E-state index in [1.807, 2.05) is 32.3 Å². The topological polar surface area (TPSA) is 45.2 Å². The fourth-order valence-electron chi connectivity index (χ4n) is 2.84. The summed E-state index contributed by atoms with van der Waals surface area (Å²) in [6, 6.07) is 14.2. The van der Waals surface area contributed by atoms with Crippen molar-refractivity contribution < 1.29 is 4.79 Å². The Morgan fingerprint density at radius 3 is 2.68 bits per heavy atom. The number of carbonyl (C=O) groups is 1. The predicted molar refractivity (Wildman–Crippen MR) is 117 cm³/mol. The second-order valence-electron chi connectivity index (χ2n) is 6.91. The second-order valence-corrected chi connectivity index (χ2v) is 8.95. The van der Waals surface area contributed by atoms with Gasteiger partial charge in [-0.05, 0) is 74.8 Å². The molecular weight excluding hydrogens is 386 g/mol. The van der Waals surface area contributed by atoms with E-state index in [1.54, 1.807) is 17.5 Å². The number of carbonyl (C=O) groups excluding carboxylic acids is 1. The lowest BCUT2D eigenvalue weighted by atomic mass is 10.1. The highest BCUT2D eigenvalue weighted by Gasteiger charge is 2.19. The molecule has 1 aromatic carbocycles. The molecular formula is C22H25N3OS2. The maximum Gasteiger partial charge on any atom is 0.254 e.